The van der Waals surface area contributed by atoms with Crippen molar-refractivity contribution in [3.05, 3.63) is 29.8 Å². The van der Waals surface area contributed by atoms with Gasteiger partial charge in [-0.3, -0.25) is 0 Å². The molecular weight excluding hydrogens is 276 g/mol. The van der Waals surface area contributed by atoms with Gasteiger partial charge in [-0.2, -0.15) is 4.31 Å². The summed E-state index contributed by atoms with van der Waals surface area (Å²) in [6, 6.07) is 6.66. The fraction of sp³-hybridized carbons (Fsp3) is 0.429. The van der Waals surface area contributed by atoms with E-state index in [0.717, 1.165) is 0 Å². The number of hydrogen-bond acceptors (Lipinski definition) is 4. The van der Waals surface area contributed by atoms with Gasteiger partial charge in [-0.1, -0.05) is 24.0 Å². The maximum absolute atomic E-state index is 12.6. The standard InChI is InChI=1S/C14H18N2O3S/c15-9-3-5-12-4-1-2-6-14(12)20(18,19)16-10-7-13(17)8-11-16/h1-2,4,6,13,17H,7-11,15H2. The Morgan fingerprint density at radius 3 is 2.60 bits per heavy atom. The topological polar surface area (TPSA) is 83.6 Å². The molecule has 1 aliphatic rings. The molecule has 5 nitrogen and oxygen atoms in total. The van der Waals surface area contributed by atoms with Crippen molar-refractivity contribution in [1.82, 2.24) is 4.31 Å². The lowest BCUT2D eigenvalue weighted by atomic mass is 10.1. The van der Waals surface area contributed by atoms with Gasteiger partial charge in [-0.25, -0.2) is 8.42 Å². The number of sulfonamides is 1. The molecule has 0 unspecified atom stereocenters. The Hall–Kier alpha value is -1.39. The first-order chi connectivity index (χ1) is 9.55. The summed E-state index contributed by atoms with van der Waals surface area (Å²) in [7, 11) is -3.57. The number of nitrogens with two attached hydrogens (primary N) is 1. The van der Waals surface area contributed by atoms with Crippen LogP contribution in [0.3, 0.4) is 0 Å². The minimum Gasteiger partial charge on any atom is -0.393 e. The fourth-order valence-corrected chi connectivity index (χ4v) is 3.78. The molecule has 0 radical (unpaired) electrons. The maximum Gasteiger partial charge on any atom is 0.244 e. The van der Waals surface area contributed by atoms with Crippen LogP contribution in [0.2, 0.25) is 0 Å². The minimum absolute atomic E-state index is 0.185. The van der Waals surface area contributed by atoms with Crippen LogP contribution in [0.5, 0.6) is 0 Å². The second kappa shape index (κ2) is 6.37. The van der Waals surface area contributed by atoms with Gasteiger partial charge in [0.2, 0.25) is 10.0 Å². The van der Waals surface area contributed by atoms with Crippen molar-refractivity contribution in [1.29, 1.82) is 0 Å². The Morgan fingerprint density at radius 1 is 1.30 bits per heavy atom. The van der Waals surface area contributed by atoms with Gasteiger partial charge < -0.3 is 10.8 Å². The number of benzene rings is 1. The highest BCUT2D eigenvalue weighted by Gasteiger charge is 2.29. The number of nitrogens with zero attached hydrogens (tertiary/aromatic N) is 1. The van der Waals surface area contributed by atoms with Crippen LogP contribution in [-0.4, -0.2) is 43.6 Å². The van der Waals surface area contributed by atoms with Gasteiger partial charge in [0.15, 0.2) is 0 Å². The molecule has 3 N–H and O–H groups in total. The Kier molecular flexibility index (Phi) is 4.78. The average molecular weight is 294 g/mol. The van der Waals surface area contributed by atoms with Crippen LogP contribution < -0.4 is 5.73 Å². The number of hydrogen-bond donors (Lipinski definition) is 2. The molecule has 1 saturated heterocycles. The molecule has 2 rings (SSSR count). The molecule has 0 spiro atoms. The lowest BCUT2D eigenvalue weighted by Gasteiger charge is -2.29. The highest BCUT2D eigenvalue weighted by atomic mass is 32.2. The Balaban J connectivity index is 2.34. The normalized spacial score (nSPS) is 17.5. The second-order valence-electron chi connectivity index (χ2n) is 4.64. The van der Waals surface area contributed by atoms with E-state index in [-0.39, 0.29) is 11.4 Å². The largest absolute Gasteiger partial charge is 0.393 e. The van der Waals surface area contributed by atoms with Crippen molar-refractivity contribution in [2.24, 2.45) is 5.73 Å². The van der Waals surface area contributed by atoms with Crippen LogP contribution in [0.25, 0.3) is 0 Å². The summed E-state index contributed by atoms with van der Waals surface area (Å²) in [6.45, 7) is 0.856. The van der Waals surface area contributed by atoms with Crippen LogP contribution in [0.1, 0.15) is 18.4 Å². The third kappa shape index (κ3) is 3.19. The van der Waals surface area contributed by atoms with E-state index in [1.165, 1.54) is 4.31 Å². The average Bonchev–Trinajstić information content (AvgIpc) is 2.46. The number of rotatable bonds is 2. The number of aliphatic hydroxyl groups excluding tert-OH is 1. The van der Waals surface area contributed by atoms with Crippen molar-refractivity contribution in [2.45, 2.75) is 23.8 Å². The molecule has 0 amide bonds. The van der Waals surface area contributed by atoms with Crippen LogP contribution in [0.15, 0.2) is 29.2 Å². The second-order valence-corrected chi connectivity index (χ2v) is 6.54. The van der Waals surface area contributed by atoms with E-state index < -0.39 is 16.1 Å². The Labute approximate surface area is 119 Å². The molecule has 20 heavy (non-hydrogen) atoms. The molecular formula is C14H18N2O3S. The van der Waals surface area contributed by atoms with Crippen LogP contribution in [-0.2, 0) is 10.0 Å². The maximum atomic E-state index is 12.6. The van der Waals surface area contributed by atoms with E-state index in [2.05, 4.69) is 11.8 Å². The smallest absolute Gasteiger partial charge is 0.244 e. The predicted octanol–water partition coefficient (Wildman–Crippen LogP) is 0.142. The molecule has 0 bridgehead atoms. The lowest BCUT2D eigenvalue weighted by molar-refractivity contribution is 0.113. The van der Waals surface area contributed by atoms with Gasteiger partial charge in [0.05, 0.1) is 17.5 Å². The summed E-state index contributed by atoms with van der Waals surface area (Å²) in [5.41, 5.74) is 5.79. The van der Waals surface area contributed by atoms with E-state index in [9.17, 15) is 13.5 Å². The quantitative estimate of drug-likeness (QED) is 0.760. The molecule has 108 valence electrons. The van der Waals surface area contributed by atoms with Crippen LogP contribution in [0.4, 0.5) is 0 Å². The van der Waals surface area contributed by atoms with Crippen molar-refractivity contribution in [2.75, 3.05) is 19.6 Å². The number of piperidine rings is 1. The molecule has 0 saturated carbocycles. The molecule has 0 atom stereocenters. The van der Waals surface area contributed by atoms with Gasteiger partial charge in [0.1, 0.15) is 0 Å². The molecule has 0 aliphatic carbocycles. The molecule has 6 heteroatoms. The van der Waals surface area contributed by atoms with Crippen LogP contribution in [0, 0.1) is 11.8 Å². The zero-order chi connectivity index (χ0) is 14.6. The molecule has 1 aromatic rings. The Bertz CT molecular complexity index is 623. The summed E-state index contributed by atoms with van der Waals surface area (Å²) in [4.78, 5) is 0.206. The van der Waals surface area contributed by atoms with Crippen molar-refractivity contribution < 1.29 is 13.5 Å². The highest BCUT2D eigenvalue weighted by Crippen LogP contribution is 2.23. The summed E-state index contributed by atoms with van der Waals surface area (Å²) >= 11 is 0. The van der Waals surface area contributed by atoms with E-state index in [4.69, 9.17) is 5.73 Å². The first kappa shape index (κ1) is 15.0. The zero-order valence-electron chi connectivity index (χ0n) is 11.1. The van der Waals surface area contributed by atoms with Gasteiger partial charge in [-0.15, -0.1) is 0 Å². The summed E-state index contributed by atoms with van der Waals surface area (Å²) < 4.78 is 26.7. The molecule has 1 aliphatic heterocycles. The molecule has 0 aromatic heterocycles. The van der Waals surface area contributed by atoms with E-state index >= 15 is 0 Å². The van der Waals surface area contributed by atoms with Crippen molar-refractivity contribution >= 4 is 10.0 Å². The van der Waals surface area contributed by atoms with Gasteiger partial charge in [0, 0.05) is 18.7 Å². The monoisotopic (exact) mass is 294 g/mol. The molecule has 1 heterocycles. The van der Waals surface area contributed by atoms with Gasteiger partial charge in [0.25, 0.3) is 0 Å². The first-order valence-corrected chi connectivity index (χ1v) is 7.96. The van der Waals surface area contributed by atoms with Crippen molar-refractivity contribution in [3.8, 4) is 11.8 Å². The van der Waals surface area contributed by atoms with Crippen molar-refractivity contribution in [3.63, 3.8) is 0 Å². The number of aliphatic hydroxyl groups is 1. The fourth-order valence-electron chi connectivity index (χ4n) is 2.16. The highest BCUT2D eigenvalue weighted by molar-refractivity contribution is 7.89. The van der Waals surface area contributed by atoms with E-state index in [0.29, 0.717) is 31.5 Å². The third-order valence-electron chi connectivity index (χ3n) is 3.25. The summed E-state index contributed by atoms with van der Waals surface area (Å²) in [6.07, 6.45) is 0.528. The molecule has 1 fully saturated rings. The lowest BCUT2D eigenvalue weighted by Crippen LogP contribution is -2.40. The summed E-state index contributed by atoms with van der Waals surface area (Å²) in [5, 5.41) is 9.48. The van der Waals surface area contributed by atoms with Gasteiger partial charge in [-0.05, 0) is 25.0 Å². The van der Waals surface area contributed by atoms with E-state index in [1.807, 2.05) is 0 Å². The van der Waals surface area contributed by atoms with Crippen LogP contribution >= 0.6 is 0 Å². The minimum atomic E-state index is -3.57. The Morgan fingerprint density at radius 2 is 1.95 bits per heavy atom. The first-order valence-electron chi connectivity index (χ1n) is 6.52. The zero-order valence-corrected chi connectivity index (χ0v) is 11.9. The summed E-state index contributed by atoms with van der Waals surface area (Å²) in [5.74, 6) is 5.48. The van der Waals surface area contributed by atoms with Gasteiger partial charge >= 0.3 is 0 Å². The molecule has 1 aromatic carbocycles. The van der Waals surface area contributed by atoms with E-state index in [1.54, 1.807) is 24.3 Å². The predicted molar refractivity (Wildman–Crippen MR) is 76.4 cm³/mol. The third-order valence-corrected chi connectivity index (χ3v) is 5.21. The SMILES string of the molecule is NCC#Cc1ccccc1S(=O)(=O)N1CCC(O)CC1.